The maximum absolute atomic E-state index is 13.4. The van der Waals surface area contributed by atoms with Crippen molar-refractivity contribution in [3.05, 3.63) is 89.0 Å². The average Bonchev–Trinajstić information content (AvgIpc) is 2.99. The van der Waals surface area contributed by atoms with Crippen LogP contribution in [0.1, 0.15) is 51.1 Å². The van der Waals surface area contributed by atoms with Crippen LogP contribution in [0, 0.1) is 0 Å². The maximum Gasteiger partial charge on any atom is 0.407 e. The summed E-state index contributed by atoms with van der Waals surface area (Å²) in [4.78, 5) is 50.5. The van der Waals surface area contributed by atoms with Crippen LogP contribution in [0.4, 0.5) is 10.5 Å². The molecule has 0 saturated heterocycles. The number of unbranched alkanes of at least 4 members (excludes halogenated alkanes) is 1. The molecule has 3 aromatic rings. The quantitative estimate of drug-likeness (QED) is 0.157. The Morgan fingerprint density at radius 3 is 2.21 bits per heavy atom. The van der Waals surface area contributed by atoms with Gasteiger partial charge in [-0.1, -0.05) is 36.4 Å². The van der Waals surface area contributed by atoms with Crippen LogP contribution < -0.4 is 31.6 Å². The fraction of sp³-hybridized carbons (Fsp3) is 0.290. The molecule has 3 aromatic carbocycles. The molecule has 222 valence electrons. The monoisotopic (exact) mass is 576 g/mol. The van der Waals surface area contributed by atoms with Crippen molar-refractivity contribution < 1.29 is 33.4 Å². The second-order valence-electron chi connectivity index (χ2n) is 9.51. The molecule has 0 aliphatic heterocycles. The Morgan fingerprint density at radius 2 is 1.52 bits per heavy atom. The average molecular weight is 577 g/mol. The Kier molecular flexibility index (Phi) is 11.7. The zero-order valence-electron chi connectivity index (χ0n) is 23.7. The Hall–Kier alpha value is -5.06. The fourth-order valence-corrected chi connectivity index (χ4v) is 4.27. The molecule has 0 saturated carbocycles. The number of carbonyl (C=O) groups excluding carboxylic acids is 4. The largest absolute Gasteiger partial charge is 0.496 e. The first kappa shape index (κ1) is 31.5. The number of ketones is 1. The van der Waals surface area contributed by atoms with Gasteiger partial charge in [0.15, 0.2) is 5.78 Å². The summed E-state index contributed by atoms with van der Waals surface area (Å²) in [7, 11) is 2.85. The normalized spacial score (nSPS) is 11.2. The van der Waals surface area contributed by atoms with Crippen molar-refractivity contribution in [2.45, 2.75) is 38.3 Å². The highest BCUT2D eigenvalue weighted by atomic mass is 16.5. The van der Waals surface area contributed by atoms with Crippen molar-refractivity contribution in [1.82, 2.24) is 10.6 Å². The number of benzene rings is 3. The van der Waals surface area contributed by atoms with Crippen LogP contribution in [0.3, 0.4) is 0 Å². The number of nitrogens with one attached hydrogen (secondary N) is 2. The third-order valence-electron chi connectivity index (χ3n) is 6.47. The summed E-state index contributed by atoms with van der Waals surface area (Å²) >= 11 is 0. The predicted octanol–water partition coefficient (Wildman–Crippen LogP) is 3.39. The van der Waals surface area contributed by atoms with Crippen molar-refractivity contribution >= 4 is 29.4 Å². The molecule has 0 spiro atoms. The maximum atomic E-state index is 13.4. The van der Waals surface area contributed by atoms with Crippen molar-refractivity contribution in [3.63, 3.8) is 0 Å². The van der Waals surface area contributed by atoms with Crippen LogP contribution in [-0.4, -0.2) is 50.5 Å². The number of hydrogen-bond donors (Lipinski definition) is 4. The van der Waals surface area contributed by atoms with Gasteiger partial charge in [0.25, 0.3) is 11.8 Å². The molecule has 3 amide bonds. The Bertz CT molecular complexity index is 1400. The van der Waals surface area contributed by atoms with Crippen molar-refractivity contribution in [3.8, 4) is 11.5 Å². The molecule has 0 aliphatic carbocycles. The molecule has 11 nitrogen and oxygen atoms in total. The smallest absolute Gasteiger partial charge is 0.407 e. The number of rotatable bonds is 15. The number of alkyl carbamates (subject to hydrolysis) is 1. The lowest BCUT2D eigenvalue weighted by Gasteiger charge is -2.19. The zero-order valence-corrected chi connectivity index (χ0v) is 23.7. The van der Waals surface area contributed by atoms with E-state index in [-0.39, 0.29) is 29.9 Å². The first-order valence-electron chi connectivity index (χ1n) is 13.4. The van der Waals surface area contributed by atoms with Gasteiger partial charge in [0.05, 0.1) is 31.4 Å². The van der Waals surface area contributed by atoms with E-state index < -0.39 is 23.9 Å². The number of nitrogen functional groups attached to an aromatic ring is 1. The second kappa shape index (κ2) is 15.7. The lowest BCUT2D eigenvalue weighted by molar-refractivity contribution is -0.120. The van der Waals surface area contributed by atoms with Gasteiger partial charge in [0.1, 0.15) is 18.1 Å². The molecule has 11 heteroatoms. The third-order valence-corrected chi connectivity index (χ3v) is 6.47. The molecule has 0 radical (unpaired) electrons. The molecule has 0 fully saturated rings. The number of amides is 3. The zero-order chi connectivity index (χ0) is 30.5. The van der Waals surface area contributed by atoms with E-state index in [0.717, 1.165) is 5.56 Å². The molecule has 42 heavy (non-hydrogen) atoms. The second-order valence-corrected chi connectivity index (χ2v) is 9.51. The molecule has 0 aromatic heterocycles. The standard InChI is InChI=1S/C31H36N4O7/c1-40-27-13-11-21(16-23(27)29(33)37)17-26(36)25(35-30(38)24-18-22(32)12-14-28(24)41-2)10-6-7-15-34-31(39)42-19-20-8-4-3-5-9-20/h3-5,8-9,11-14,16,18,25H,6-7,10,15,17,19,32H2,1-2H3,(H2,33,37)(H,34,39)(H,35,38)/t25-/m0/s1. The Balaban J connectivity index is 1.64. The number of hydrogen-bond acceptors (Lipinski definition) is 8. The summed E-state index contributed by atoms with van der Waals surface area (Å²) in [5, 5.41) is 5.49. The summed E-state index contributed by atoms with van der Waals surface area (Å²) in [6.07, 6.45) is 0.745. The summed E-state index contributed by atoms with van der Waals surface area (Å²) < 4.78 is 15.7. The van der Waals surface area contributed by atoms with Crippen molar-refractivity contribution in [1.29, 1.82) is 0 Å². The van der Waals surface area contributed by atoms with E-state index in [1.807, 2.05) is 30.3 Å². The van der Waals surface area contributed by atoms with E-state index in [1.165, 1.54) is 26.4 Å². The summed E-state index contributed by atoms with van der Waals surface area (Å²) in [5.41, 5.74) is 13.5. The Morgan fingerprint density at radius 1 is 0.833 bits per heavy atom. The molecular formula is C31H36N4O7. The van der Waals surface area contributed by atoms with Gasteiger partial charge in [-0.15, -0.1) is 0 Å². The first-order valence-corrected chi connectivity index (χ1v) is 13.4. The highest BCUT2D eigenvalue weighted by molar-refractivity contribution is 6.01. The first-order chi connectivity index (χ1) is 20.2. The highest BCUT2D eigenvalue weighted by Crippen LogP contribution is 2.23. The number of anilines is 1. The minimum Gasteiger partial charge on any atom is -0.496 e. The van der Waals surface area contributed by atoms with E-state index in [0.29, 0.717) is 48.6 Å². The summed E-state index contributed by atoms with van der Waals surface area (Å²) in [6.45, 7) is 0.484. The lowest BCUT2D eigenvalue weighted by Crippen LogP contribution is -2.42. The van der Waals surface area contributed by atoms with Gasteiger partial charge in [0.2, 0.25) is 0 Å². The molecule has 0 unspecified atom stereocenters. The van der Waals surface area contributed by atoms with Crippen molar-refractivity contribution in [2.24, 2.45) is 5.73 Å². The fourth-order valence-electron chi connectivity index (χ4n) is 4.27. The number of Topliss-reactive ketones (excluding diaryl/α,β-unsaturated/α-hetero) is 1. The molecule has 6 N–H and O–H groups in total. The van der Waals surface area contributed by atoms with Gasteiger partial charge in [-0.05, 0) is 60.7 Å². The van der Waals surface area contributed by atoms with E-state index in [4.69, 9.17) is 25.7 Å². The lowest BCUT2D eigenvalue weighted by atomic mass is 9.97. The number of primary amides is 1. The number of carbonyl (C=O) groups is 4. The summed E-state index contributed by atoms with van der Waals surface area (Å²) in [5.74, 6) is -0.872. The SMILES string of the molecule is COc1ccc(CC(=O)[C@H](CCCCNC(=O)OCc2ccccc2)NC(=O)c2cc(N)ccc2OC)cc1C(N)=O. The number of methoxy groups -OCH3 is 2. The van der Waals surface area contributed by atoms with Crippen LogP contribution in [0.15, 0.2) is 66.7 Å². The van der Waals surface area contributed by atoms with Crippen LogP contribution in [-0.2, 0) is 22.6 Å². The van der Waals surface area contributed by atoms with Gasteiger partial charge in [-0.25, -0.2) is 4.79 Å². The van der Waals surface area contributed by atoms with Gasteiger partial charge in [-0.3, -0.25) is 14.4 Å². The van der Waals surface area contributed by atoms with Gasteiger partial charge < -0.3 is 36.3 Å². The molecule has 0 bridgehead atoms. The Labute approximate surface area is 244 Å². The van der Waals surface area contributed by atoms with Crippen molar-refractivity contribution in [2.75, 3.05) is 26.5 Å². The molecule has 1 atom stereocenters. The number of nitrogens with two attached hydrogens (primary N) is 2. The topological polar surface area (TPSA) is 172 Å². The van der Waals surface area contributed by atoms with E-state index >= 15 is 0 Å². The molecular weight excluding hydrogens is 540 g/mol. The molecule has 0 heterocycles. The van der Waals surface area contributed by atoms with E-state index in [9.17, 15) is 19.2 Å². The molecule has 3 rings (SSSR count). The van der Waals surface area contributed by atoms with Gasteiger partial charge >= 0.3 is 6.09 Å². The third kappa shape index (κ3) is 9.26. The van der Waals surface area contributed by atoms with E-state index in [1.54, 1.807) is 24.3 Å². The van der Waals surface area contributed by atoms with Crippen LogP contribution in [0.2, 0.25) is 0 Å². The minimum absolute atomic E-state index is 0.0622. The van der Waals surface area contributed by atoms with Crippen LogP contribution in [0.5, 0.6) is 11.5 Å². The van der Waals surface area contributed by atoms with Gasteiger partial charge in [0, 0.05) is 18.7 Å². The van der Waals surface area contributed by atoms with E-state index in [2.05, 4.69) is 10.6 Å². The predicted molar refractivity (Wildman–Crippen MR) is 157 cm³/mol. The summed E-state index contributed by atoms with van der Waals surface area (Å²) in [6, 6.07) is 17.8. The highest BCUT2D eigenvalue weighted by Gasteiger charge is 2.24. The molecule has 0 aliphatic rings. The number of ether oxygens (including phenoxy) is 3. The van der Waals surface area contributed by atoms with Gasteiger partial charge in [-0.2, -0.15) is 0 Å². The minimum atomic E-state index is -0.868. The van der Waals surface area contributed by atoms with Crippen LogP contribution in [0.25, 0.3) is 0 Å². The van der Waals surface area contributed by atoms with Crippen LogP contribution >= 0.6 is 0 Å².